The van der Waals surface area contributed by atoms with E-state index in [4.69, 9.17) is 0 Å². The van der Waals surface area contributed by atoms with Crippen LogP contribution in [0.3, 0.4) is 0 Å². The molecule has 0 aromatic rings. The molecule has 1 aliphatic rings. The van der Waals surface area contributed by atoms with Gasteiger partial charge in [-0.05, 0) is 0 Å². The van der Waals surface area contributed by atoms with Crippen LogP contribution < -0.4 is 0 Å². The zero-order valence-electron chi connectivity index (χ0n) is 3.94. The quantitative estimate of drug-likeness (QED) is 0.460. The van der Waals surface area contributed by atoms with Gasteiger partial charge in [0.2, 0.25) is 0 Å². The van der Waals surface area contributed by atoms with E-state index in [0.717, 1.165) is 0 Å². The van der Waals surface area contributed by atoms with Crippen LogP contribution in [0.1, 0.15) is 32.1 Å². The fourth-order valence-electron chi connectivity index (χ4n) is 0.884. The van der Waals surface area contributed by atoms with Gasteiger partial charge in [0.25, 0.3) is 0 Å². The maximum absolute atomic E-state index is 1.50. The van der Waals surface area contributed by atoms with Crippen LogP contribution in [0.25, 0.3) is 0 Å². The molecular formula is C5H10Cr. The summed E-state index contributed by atoms with van der Waals surface area (Å²) in [7, 11) is 0. The van der Waals surface area contributed by atoms with Crippen molar-refractivity contribution in [2.75, 3.05) is 0 Å². The van der Waals surface area contributed by atoms with Crippen molar-refractivity contribution < 1.29 is 17.4 Å². The Morgan fingerprint density at radius 3 is 0.833 bits per heavy atom. The summed E-state index contributed by atoms with van der Waals surface area (Å²) in [6.45, 7) is 0. The topological polar surface area (TPSA) is 0 Å². The SMILES string of the molecule is C1CCCC1.[Cr]. The second kappa shape index (κ2) is 3.71. The Hall–Kier alpha value is 0.532. The number of rotatable bonds is 0. The summed E-state index contributed by atoms with van der Waals surface area (Å²) in [6.07, 6.45) is 7.50. The van der Waals surface area contributed by atoms with Crippen LogP contribution in [0.15, 0.2) is 0 Å². The van der Waals surface area contributed by atoms with Crippen molar-refractivity contribution in [1.29, 1.82) is 0 Å². The molecule has 0 aromatic carbocycles. The zero-order valence-corrected chi connectivity index (χ0v) is 5.22. The average molecular weight is 122 g/mol. The molecule has 1 saturated carbocycles. The van der Waals surface area contributed by atoms with Gasteiger partial charge in [-0.2, -0.15) is 0 Å². The van der Waals surface area contributed by atoms with Gasteiger partial charge >= 0.3 is 0 Å². The van der Waals surface area contributed by atoms with Crippen molar-refractivity contribution >= 4 is 0 Å². The Morgan fingerprint density at radius 1 is 0.500 bits per heavy atom. The predicted molar refractivity (Wildman–Crippen MR) is 23.1 cm³/mol. The van der Waals surface area contributed by atoms with E-state index in [2.05, 4.69) is 0 Å². The molecule has 0 aromatic heterocycles. The van der Waals surface area contributed by atoms with Crippen molar-refractivity contribution in [3.63, 3.8) is 0 Å². The molecule has 6 heavy (non-hydrogen) atoms. The average Bonchev–Trinajstić information content (AvgIpc) is 1.76. The zero-order chi connectivity index (χ0) is 3.54. The van der Waals surface area contributed by atoms with E-state index >= 15 is 0 Å². The molecule has 0 unspecified atom stereocenters. The largest absolute Gasteiger partial charge is 0.0533 e. The van der Waals surface area contributed by atoms with Gasteiger partial charge < -0.3 is 0 Å². The van der Waals surface area contributed by atoms with Crippen LogP contribution in [0.5, 0.6) is 0 Å². The summed E-state index contributed by atoms with van der Waals surface area (Å²) >= 11 is 0. The molecule has 1 rings (SSSR count). The smallest absolute Gasteiger partial charge is 0 e. The molecule has 0 heterocycles. The van der Waals surface area contributed by atoms with Crippen molar-refractivity contribution in [3.05, 3.63) is 0 Å². The molecule has 1 heteroatoms. The monoisotopic (exact) mass is 122 g/mol. The van der Waals surface area contributed by atoms with Gasteiger partial charge in [-0.15, -0.1) is 0 Å². The minimum absolute atomic E-state index is 0. The van der Waals surface area contributed by atoms with Crippen molar-refractivity contribution in [2.45, 2.75) is 32.1 Å². The summed E-state index contributed by atoms with van der Waals surface area (Å²) < 4.78 is 0. The molecule has 0 aliphatic heterocycles. The van der Waals surface area contributed by atoms with Crippen molar-refractivity contribution in [1.82, 2.24) is 0 Å². The molecule has 0 bridgehead atoms. The second-order valence-corrected chi connectivity index (χ2v) is 1.77. The van der Waals surface area contributed by atoms with E-state index in [1.807, 2.05) is 0 Å². The van der Waals surface area contributed by atoms with Crippen molar-refractivity contribution in [3.8, 4) is 0 Å². The summed E-state index contributed by atoms with van der Waals surface area (Å²) in [5.74, 6) is 0. The molecule has 0 saturated heterocycles. The van der Waals surface area contributed by atoms with Gasteiger partial charge in [0.05, 0.1) is 0 Å². The first-order valence-corrected chi connectivity index (χ1v) is 2.50. The first kappa shape index (κ1) is 6.53. The van der Waals surface area contributed by atoms with Gasteiger partial charge in [-0.1, -0.05) is 32.1 Å². The first-order chi connectivity index (χ1) is 2.50. The minimum Gasteiger partial charge on any atom is -0.0533 e. The molecule has 1 fully saturated rings. The Balaban J connectivity index is 0.000000250. The van der Waals surface area contributed by atoms with Gasteiger partial charge in [-0.3, -0.25) is 0 Å². The Labute approximate surface area is 50.1 Å². The summed E-state index contributed by atoms with van der Waals surface area (Å²) in [6, 6.07) is 0. The van der Waals surface area contributed by atoms with Gasteiger partial charge in [-0.25, -0.2) is 0 Å². The van der Waals surface area contributed by atoms with Crippen LogP contribution in [0, 0.1) is 0 Å². The summed E-state index contributed by atoms with van der Waals surface area (Å²) in [5, 5.41) is 0. The summed E-state index contributed by atoms with van der Waals surface area (Å²) in [5.41, 5.74) is 0. The maximum atomic E-state index is 1.50. The van der Waals surface area contributed by atoms with E-state index in [1.165, 1.54) is 32.1 Å². The molecule has 0 atom stereocenters. The predicted octanol–water partition coefficient (Wildman–Crippen LogP) is 1.95. The Kier molecular flexibility index (Phi) is 4.04. The first-order valence-electron chi connectivity index (χ1n) is 2.50. The van der Waals surface area contributed by atoms with Crippen LogP contribution in [-0.4, -0.2) is 0 Å². The Bertz CT molecular complexity index is 15.5. The van der Waals surface area contributed by atoms with Crippen LogP contribution in [0.4, 0.5) is 0 Å². The number of hydrogen-bond donors (Lipinski definition) is 0. The second-order valence-electron chi connectivity index (χ2n) is 1.77. The van der Waals surface area contributed by atoms with Gasteiger partial charge in [0.1, 0.15) is 0 Å². The molecule has 0 radical (unpaired) electrons. The minimum atomic E-state index is 0. The van der Waals surface area contributed by atoms with Crippen LogP contribution >= 0.6 is 0 Å². The fraction of sp³-hybridized carbons (Fsp3) is 1.00. The van der Waals surface area contributed by atoms with Gasteiger partial charge in [0, 0.05) is 17.4 Å². The maximum Gasteiger partial charge on any atom is 0 e. The van der Waals surface area contributed by atoms with E-state index in [-0.39, 0.29) is 17.4 Å². The van der Waals surface area contributed by atoms with E-state index in [1.54, 1.807) is 0 Å². The van der Waals surface area contributed by atoms with Crippen LogP contribution in [-0.2, 0) is 17.4 Å². The third-order valence-corrected chi connectivity index (χ3v) is 1.25. The third-order valence-electron chi connectivity index (χ3n) is 1.25. The van der Waals surface area contributed by atoms with Crippen molar-refractivity contribution in [2.24, 2.45) is 0 Å². The molecule has 0 nitrogen and oxygen atoms in total. The van der Waals surface area contributed by atoms with Gasteiger partial charge in [0.15, 0.2) is 0 Å². The van der Waals surface area contributed by atoms with E-state index in [9.17, 15) is 0 Å². The normalized spacial score (nSPS) is 20.0. The molecule has 36 valence electrons. The van der Waals surface area contributed by atoms with Crippen LogP contribution in [0.2, 0.25) is 0 Å². The molecule has 0 spiro atoms. The standard InChI is InChI=1S/C5H10.Cr/c1-2-4-5-3-1;/h1-5H2;. The molecule has 0 N–H and O–H groups in total. The van der Waals surface area contributed by atoms with E-state index in [0.29, 0.717) is 0 Å². The fourth-order valence-corrected chi connectivity index (χ4v) is 0.884. The Morgan fingerprint density at radius 2 is 0.667 bits per heavy atom. The number of hydrogen-bond acceptors (Lipinski definition) is 0. The molecule has 0 amide bonds. The molecular weight excluding hydrogens is 112 g/mol. The molecule has 1 aliphatic carbocycles. The van der Waals surface area contributed by atoms with E-state index < -0.39 is 0 Å². The third kappa shape index (κ3) is 1.85. The summed E-state index contributed by atoms with van der Waals surface area (Å²) in [4.78, 5) is 0.